The second-order valence-electron chi connectivity index (χ2n) is 12.7. The minimum atomic E-state index is -2.47. The van der Waals surface area contributed by atoms with Crippen LogP contribution in [0.1, 0.15) is 51.7 Å². The number of esters is 1. The van der Waals surface area contributed by atoms with Crippen molar-refractivity contribution in [3.8, 4) is 0 Å². The fourth-order valence-electron chi connectivity index (χ4n) is 7.94. The molecule has 1 spiro atoms. The largest absolute Gasteiger partial charge is 0.509 e. The standard InChI is InChI=1S/C28H35NO11/c1-14-6-16(10-29-9-14)12-37-23(35)38-20-21-25-8-19(33)27(36,15(2)11-30)26(25,13-31)40-28(21,39-22(20)34)17(7-18(25)32)24(3,4)5/h6,9-11,13,15,17-21,32-33,36H,7-8,12H2,1-5H3/t15-,17+,18?,19?,20?,21?,25?,26?,27?,28+/m1/s1. The maximum absolute atomic E-state index is 13.4. The molecular formula is C28H35NO11. The van der Waals surface area contributed by atoms with E-state index in [0.29, 0.717) is 11.8 Å². The number of aldehydes is 2. The Morgan fingerprint density at radius 1 is 1.25 bits per heavy atom. The molecule has 1 aromatic rings. The third-order valence-corrected chi connectivity index (χ3v) is 9.59. The van der Waals surface area contributed by atoms with Crippen LogP contribution in [0.25, 0.3) is 0 Å². The van der Waals surface area contributed by atoms with E-state index in [1.807, 2.05) is 27.7 Å². The minimum Gasteiger partial charge on any atom is -0.429 e. The molecule has 2 bridgehead atoms. The number of carbonyl (C=O) groups excluding carboxylic acids is 4. The molecule has 12 heteroatoms. The van der Waals surface area contributed by atoms with E-state index >= 15 is 0 Å². The van der Waals surface area contributed by atoms with Crippen LogP contribution in [0, 0.1) is 35.5 Å². The number of ether oxygens (including phenoxy) is 4. The molecule has 0 radical (unpaired) electrons. The van der Waals surface area contributed by atoms with E-state index in [1.54, 1.807) is 12.3 Å². The van der Waals surface area contributed by atoms with Crippen LogP contribution < -0.4 is 0 Å². The number of aliphatic hydroxyl groups is 3. The zero-order valence-corrected chi connectivity index (χ0v) is 23.0. The Bertz CT molecular complexity index is 1250. The molecule has 4 fully saturated rings. The van der Waals surface area contributed by atoms with Crippen molar-refractivity contribution in [1.29, 1.82) is 0 Å². The van der Waals surface area contributed by atoms with Gasteiger partial charge in [0.25, 0.3) is 0 Å². The highest BCUT2D eigenvalue weighted by Crippen LogP contribution is 2.76. The van der Waals surface area contributed by atoms with Gasteiger partial charge < -0.3 is 39.1 Å². The first-order valence-corrected chi connectivity index (χ1v) is 13.3. The van der Waals surface area contributed by atoms with Gasteiger partial charge >= 0.3 is 12.1 Å². The molecule has 2 aliphatic heterocycles. The SMILES string of the molecule is Cc1cncc(COC(=O)OC2C(=O)O[C@]34OC5(C=O)C(CC(O)C5(O)[C@H](C)C=O)(C(O)C[C@H]3C(C)(C)C)C24)c1. The summed E-state index contributed by atoms with van der Waals surface area (Å²) in [7, 11) is 0. The predicted molar refractivity (Wildman–Crippen MR) is 133 cm³/mol. The Balaban J connectivity index is 1.59. The van der Waals surface area contributed by atoms with Crippen molar-refractivity contribution < 1.29 is 53.4 Å². The van der Waals surface area contributed by atoms with Gasteiger partial charge in [-0.15, -0.1) is 0 Å². The van der Waals surface area contributed by atoms with Crippen molar-refractivity contribution in [2.75, 3.05) is 0 Å². The number of hydrogen-bond donors (Lipinski definition) is 3. The first-order valence-electron chi connectivity index (χ1n) is 13.3. The predicted octanol–water partition coefficient (Wildman–Crippen LogP) is 0.993. The van der Waals surface area contributed by atoms with Gasteiger partial charge in [-0.05, 0) is 36.8 Å². The highest BCUT2D eigenvalue weighted by molar-refractivity contribution is 5.83. The van der Waals surface area contributed by atoms with Crippen molar-refractivity contribution in [3.05, 3.63) is 29.6 Å². The molecule has 1 aromatic heterocycles. The van der Waals surface area contributed by atoms with Gasteiger partial charge in [0.2, 0.25) is 11.9 Å². The summed E-state index contributed by atoms with van der Waals surface area (Å²) in [6.07, 6.45) is -2.67. The van der Waals surface area contributed by atoms with Crippen LogP contribution in [0.3, 0.4) is 0 Å². The zero-order valence-electron chi connectivity index (χ0n) is 23.0. The van der Waals surface area contributed by atoms with Crippen LogP contribution in [0.4, 0.5) is 4.79 Å². The van der Waals surface area contributed by atoms with Crippen LogP contribution in [0.5, 0.6) is 0 Å². The molecule has 218 valence electrons. The van der Waals surface area contributed by atoms with E-state index < -0.39 is 82.4 Å². The van der Waals surface area contributed by atoms with Gasteiger partial charge in [0, 0.05) is 29.8 Å². The number of carbonyl (C=O) groups is 4. The lowest BCUT2D eigenvalue weighted by molar-refractivity contribution is -0.302. The second-order valence-corrected chi connectivity index (χ2v) is 12.7. The van der Waals surface area contributed by atoms with Crippen LogP contribution >= 0.6 is 0 Å². The van der Waals surface area contributed by atoms with Crippen molar-refractivity contribution in [1.82, 2.24) is 4.98 Å². The van der Waals surface area contributed by atoms with Crippen molar-refractivity contribution in [2.24, 2.45) is 28.6 Å². The normalized spacial score (nSPS) is 42.4. The Kier molecular flexibility index (Phi) is 6.46. The first-order chi connectivity index (χ1) is 18.6. The highest BCUT2D eigenvalue weighted by atomic mass is 16.8. The molecule has 7 unspecified atom stereocenters. The number of rotatable bonds is 6. The summed E-state index contributed by atoms with van der Waals surface area (Å²) in [6.45, 7) is 8.44. The number of nitrogens with zero attached hydrogens (tertiary/aromatic N) is 1. The van der Waals surface area contributed by atoms with Gasteiger partial charge in [0.1, 0.15) is 18.5 Å². The maximum atomic E-state index is 13.4. The fraction of sp³-hybridized carbons (Fsp3) is 0.679. The summed E-state index contributed by atoms with van der Waals surface area (Å²) in [5.74, 6) is -6.26. The van der Waals surface area contributed by atoms with Gasteiger partial charge in [-0.25, -0.2) is 9.59 Å². The summed E-state index contributed by atoms with van der Waals surface area (Å²) in [5, 5.41) is 34.8. The van der Waals surface area contributed by atoms with E-state index in [4.69, 9.17) is 18.9 Å². The topological polar surface area (TPSA) is 179 Å². The Hall–Kier alpha value is -2.93. The molecule has 4 aliphatic rings. The summed E-state index contributed by atoms with van der Waals surface area (Å²) in [6, 6.07) is 1.75. The molecule has 2 aliphatic carbocycles. The van der Waals surface area contributed by atoms with E-state index in [1.165, 1.54) is 13.1 Å². The number of aryl methyl sites for hydroxylation is 1. The summed E-state index contributed by atoms with van der Waals surface area (Å²) < 4.78 is 23.0. The summed E-state index contributed by atoms with van der Waals surface area (Å²) >= 11 is 0. The number of pyridine rings is 1. The van der Waals surface area contributed by atoms with Crippen LogP contribution in [-0.2, 0) is 39.9 Å². The summed E-state index contributed by atoms with van der Waals surface area (Å²) in [5.41, 5.74) is -5.95. The first kappa shape index (κ1) is 28.6. The van der Waals surface area contributed by atoms with Gasteiger partial charge in [-0.2, -0.15) is 0 Å². The van der Waals surface area contributed by atoms with Crippen molar-refractivity contribution in [2.45, 2.75) is 89.4 Å². The van der Waals surface area contributed by atoms with E-state index in [0.717, 1.165) is 5.56 Å². The molecule has 40 heavy (non-hydrogen) atoms. The Labute approximate surface area is 231 Å². The third kappa shape index (κ3) is 3.42. The second kappa shape index (κ2) is 9.04. The number of hydrogen-bond acceptors (Lipinski definition) is 12. The monoisotopic (exact) mass is 561 g/mol. The van der Waals surface area contributed by atoms with Crippen LogP contribution in [0.2, 0.25) is 0 Å². The maximum Gasteiger partial charge on any atom is 0.509 e. The lowest BCUT2D eigenvalue weighted by Gasteiger charge is -2.51. The molecule has 12 nitrogen and oxygen atoms in total. The third-order valence-electron chi connectivity index (χ3n) is 9.59. The number of aromatic nitrogens is 1. The molecule has 3 N–H and O–H groups in total. The van der Waals surface area contributed by atoms with Crippen LogP contribution in [0.15, 0.2) is 18.5 Å². The van der Waals surface area contributed by atoms with Crippen LogP contribution in [-0.4, -0.2) is 80.3 Å². The van der Waals surface area contributed by atoms with Crippen molar-refractivity contribution >= 4 is 24.7 Å². The Morgan fingerprint density at radius 3 is 2.55 bits per heavy atom. The molecule has 2 saturated heterocycles. The molecule has 10 atom stereocenters. The molecular weight excluding hydrogens is 526 g/mol. The fourth-order valence-corrected chi connectivity index (χ4v) is 7.94. The average molecular weight is 562 g/mol. The van der Waals surface area contributed by atoms with E-state index in [-0.39, 0.29) is 19.3 Å². The quantitative estimate of drug-likeness (QED) is 0.332. The van der Waals surface area contributed by atoms with Gasteiger partial charge in [-0.3, -0.25) is 9.78 Å². The van der Waals surface area contributed by atoms with Gasteiger partial charge in [0.05, 0.1) is 23.5 Å². The zero-order chi connectivity index (χ0) is 29.5. The highest BCUT2D eigenvalue weighted by Gasteiger charge is 2.92. The lowest BCUT2D eigenvalue weighted by Crippen LogP contribution is -2.68. The molecule has 3 heterocycles. The minimum absolute atomic E-state index is 0.0152. The van der Waals surface area contributed by atoms with Crippen molar-refractivity contribution in [3.63, 3.8) is 0 Å². The van der Waals surface area contributed by atoms with Gasteiger partial charge in [0.15, 0.2) is 11.9 Å². The average Bonchev–Trinajstić information content (AvgIpc) is 3.35. The molecule has 0 aromatic carbocycles. The van der Waals surface area contributed by atoms with Gasteiger partial charge in [-0.1, -0.05) is 27.7 Å². The summed E-state index contributed by atoms with van der Waals surface area (Å²) in [4.78, 5) is 55.2. The lowest BCUT2D eigenvalue weighted by atomic mass is 9.51. The Morgan fingerprint density at radius 2 is 1.95 bits per heavy atom. The number of aliphatic hydroxyl groups excluding tert-OH is 2. The molecule has 0 amide bonds. The molecule has 5 rings (SSSR count). The van der Waals surface area contributed by atoms with E-state index in [2.05, 4.69) is 4.98 Å². The smallest absolute Gasteiger partial charge is 0.429 e. The molecule has 2 saturated carbocycles. The van der Waals surface area contributed by atoms with E-state index in [9.17, 15) is 34.5 Å².